The fraction of sp³-hybridized carbons (Fsp3) is 0.426. The Kier molecular flexibility index (Phi) is 9.42. The van der Waals surface area contributed by atoms with E-state index in [1.54, 1.807) is 6.33 Å². The number of Topliss-reactive ketones (excluding diaryl/α,β-unsaturated/α-hetero) is 1. The van der Waals surface area contributed by atoms with E-state index in [1.165, 1.54) is 16.8 Å². The van der Waals surface area contributed by atoms with Crippen molar-refractivity contribution in [1.29, 1.82) is 0 Å². The number of aromatic amines is 1. The lowest BCUT2D eigenvalue weighted by Crippen LogP contribution is -2.53. The van der Waals surface area contributed by atoms with Crippen molar-refractivity contribution in [3.8, 4) is 11.3 Å². The van der Waals surface area contributed by atoms with Gasteiger partial charge in [-0.1, -0.05) is 61.5 Å². The van der Waals surface area contributed by atoms with Crippen LogP contribution in [0.25, 0.3) is 33.2 Å². The molecule has 0 bridgehead atoms. The van der Waals surface area contributed by atoms with Crippen LogP contribution >= 0.6 is 0 Å². The van der Waals surface area contributed by atoms with Gasteiger partial charge in [0.25, 0.3) is 5.89 Å². The summed E-state index contributed by atoms with van der Waals surface area (Å²) in [5.41, 5.74) is 9.72. The van der Waals surface area contributed by atoms with Gasteiger partial charge in [0, 0.05) is 72.6 Å². The minimum Gasteiger partial charge on any atom is -0.369 e. The molecule has 12 nitrogen and oxygen atoms in total. The number of aryl methyl sites for hydroxylation is 1. The molecular weight excluding hydrogens is 741 g/mol. The number of imide groups is 1. The highest BCUT2D eigenvalue weighted by Crippen LogP contribution is 2.46. The number of rotatable bonds is 11. The zero-order chi connectivity index (χ0) is 40.4. The van der Waals surface area contributed by atoms with Gasteiger partial charge >= 0.3 is 0 Å². The number of hydrogen-bond acceptors (Lipinski definition) is 10. The lowest BCUT2D eigenvalue weighted by atomic mass is 9.74. The number of piperidine rings is 1. The van der Waals surface area contributed by atoms with Crippen molar-refractivity contribution in [2.45, 2.75) is 101 Å². The highest BCUT2D eigenvalue weighted by Gasteiger charge is 2.44. The third-order valence-corrected chi connectivity index (χ3v) is 13.8. The van der Waals surface area contributed by atoms with Crippen LogP contribution in [0.4, 0.5) is 5.69 Å². The van der Waals surface area contributed by atoms with Gasteiger partial charge in [0.15, 0.2) is 5.82 Å². The van der Waals surface area contributed by atoms with Crippen LogP contribution in [-0.4, -0.2) is 79.8 Å². The lowest BCUT2D eigenvalue weighted by molar-refractivity contribution is -0.134. The first-order chi connectivity index (χ1) is 28.6. The molecule has 5 heterocycles. The van der Waals surface area contributed by atoms with Crippen molar-refractivity contribution in [2.24, 2.45) is 0 Å². The number of anilines is 1. The molecule has 10 rings (SSSR count). The zero-order valence-electron chi connectivity index (χ0n) is 34.0. The van der Waals surface area contributed by atoms with Gasteiger partial charge in [0.2, 0.25) is 17.6 Å². The quantitative estimate of drug-likeness (QED) is 0.0981. The number of nitrogens with zero attached hydrogens (tertiary/aromatic N) is 6. The van der Waals surface area contributed by atoms with Crippen LogP contribution in [0.15, 0.2) is 71.5 Å². The molecule has 2 atom stereocenters. The normalized spacial score (nSPS) is 22.4. The minimum absolute atomic E-state index is 0.0283. The summed E-state index contributed by atoms with van der Waals surface area (Å²) in [6, 6.07) is 22.3. The first-order valence-electron chi connectivity index (χ1n) is 21.3. The molecule has 0 unspecified atom stereocenters. The van der Waals surface area contributed by atoms with Crippen LogP contribution < -0.4 is 10.2 Å². The molecule has 12 heteroatoms. The van der Waals surface area contributed by atoms with Crippen LogP contribution in [0.3, 0.4) is 0 Å². The molecule has 0 spiro atoms. The van der Waals surface area contributed by atoms with Gasteiger partial charge in [0.1, 0.15) is 12.0 Å². The summed E-state index contributed by atoms with van der Waals surface area (Å²) >= 11 is 0. The van der Waals surface area contributed by atoms with Crippen LogP contribution in [0, 0.1) is 6.92 Å². The Bertz CT molecular complexity index is 2590. The highest BCUT2D eigenvalue weighted by molar-refractivity contribution is 6.12. The number of H-pyrrole nitrogens is 1. The standard InChI is InChI=1S/C47H50N8O4/c1-27(4-14-39(56)45-52-46(53-59-45)47(3)16-17-47)35-11-9-31(22-28(35)2)42-41-37-12-10-33(25-38(37)50-43(41)49-26-48-42)54-18-20-55(21-19-54)34-23-32(24-34)29-5-7-30(8-6-29)36-13-15-40(57)51-44(36)58/h5-12,22,25-27,32,34,36H,4,13-21,23-24H2,1-3H3,(H,48,49,50)(H,51,57,58)/t27-,32?,34?,36-/m0/s1. The van der Waals surface area contributed by atoms with E-state index < -0.39 is 0 Å². The number of carbonyl (C=O) groups is 3. The Morgan fingerprint density at radius 2 is 1.75 bits per heavy atom. The summed E-state index contributed by atoms with van der Waals surface area (Å²) in [5, 5.41) is 8.68. The number of nitrogens with one attached hydrogen (secondary N) is 2. The molecule has 6 aromatic rings. The van der Waals surface area contributed by atoms with Crippen LogP contribution in [-0.2, 0) is 15.0 Å². The maximum atomic E-state index is 12.9. The third-order valence-electron chi connectivity index (χ3n) is 13.8. The fourth-order valence-corrected chi connectivity index (χ4v) is 9.63. The summed E-state index contributed by atoms with van der Waals surface area (Å²) in [4.78, 5) is 59.4. The van der Waals surface area contributed by atoms with E-state index in [0.29, 0.717) is 43.5 Å². The number of piperazine rings is 1. The summed E-state index contributed by atoms with van der Waals surface area (Å²) in [6.45, 7) is 10.4. The molecule has 3 aromatic carbocycles. The van der Waals surface area contributed by atoms with E-state index in [0.717, 1.165) is 96.2 Å². The van der Waals surface area contributed by atoms with Crippen molar-refractivity contribution in [2.75, 3.05) is 31.1 Å². The van der Waals surface area contributed by atoms with Gasteiger partial charge in [-0.25, -0.2) is 9.97 Å². The molecule has 2 saturated carbocycles. The SMILES string of the molecule is Cc1cc(-c2ncnc3[nH]c4cc(N5CCN(C6CC(c7ccc([C@@H]8CCC(=O)NC8=O)cc7)C6)CC5)ccc4c23)ccc1[C@@H](C)CCC(=O)c1nc(C2(C)CC2)no1. The van der Waals surface area contributed by atoms with Crippen LogP contribution in [0.5, 0.6) is 0 Å². The number of benzene rings is 3. The molecular formula is C47H50N8O4. The second kappa shape index (κ2) is 14.8. The molecule has 59 heavy (non-hydrogen) atoms. The van der Waals surface area contributed by atoms with E-state index in [2.05, 4.69) is 117 Å². The number of aromatic nitrogens is 5. The van der Waals surface area contributed by atoms with Gasteiger partial charge in [0.05, 0.1) is 17.0 Å². The van der Waals surface area contributed by atoms with E-state index in [9.17, 15) is 14.4 Å². The smallest absolute Gasteiger partial charge is 0.294 e. The topological polar surface area (TPSA) is 150 Å². The first kappa shape index (κ1) is 37.5. The van der Waals surface area contributed by atoms with Gasteiger partial charge in [-0.2, -0.15) is 4.98 Å². The Balaban J connectivity index is 0.761. The molecule has 2 saturated heterocycles. The summed E-state index contributed by atoms with van der Waals surface area (Å²) in [5.74, 6) is 0.827. The Labute approximate surface area is 343 Å². The predicted molar refractivity (Wildman–Crippen MR) is 226 cm³/mol. The largest absolute Gasteiger partial charge is 0.369 e. The molecule has 2 aliphatic heterocycles. The molecule has 2 aliphatic carbocycles. The molecule has 3 aromatic heterocycles. The summed E-state index contributed by atoms with van der Waals surface area (Å²) in [6.07, 6.45) is 8.06. The molecule has 302 valence electrons. The molecule has 2 amide bonds. The molecule has 0 radical (unpaired) electrons. The van der Waals surface area contributed by atoms with Crippen LogP contribution in [0.1, 0.15) is 122 Å². The lowest BCUT2D eigenvalue weighted by Gasteiger charge is -2.47. The van der Waals surface area contributed by atoms with Crippen molar-refractivity contribution in [3.63, 3.8) is 0 Å². The molecule has 4 fully saturated rings. The number of fused-ring (bicyclic) bond motifs is 3. The van der Waals surface area contributed by atoms with E-state index >= 15 is 0 Å². The first-order valence-corrected chi connectivity index (χ1v) is 21.3. The predicted octanol–water partition coefficient (Wildman–Crippen LogP) is 7.88. The second-order valence-corrected chi connectivity index (χ2v) is 17.7. The Hall–Kier alpha value is -5.75. The van der Waals surface area contributed by atoms with Gasteiger partial charge in [-0.15, -0.1) is 0 Å². The second-order valence-electron chi connectivity index (χ2n) is 17.7. The molecule has 2 N–H and O–H groups in total. The van der Waals surface area contributed by atoms with E-state index in [4.69, 9.17) is 9.51 Å². The maximum Gasteiger partial charge on any atom is 0.294 e. The third kappa shape index (κ3) is 7.11. The Morgan fingerprint density at radius 1 is 0.966 bits per heavy atom. The van der Waals surface area contributed by atoms with Crippen molar-refractivity contribution in [1.82, 2.24) is 35.3 Å². The van der Waals surface area contributed by atoms with Crippen molar-refractivity contribution in [3.05, 3.63) is 101 Å². The number of amides is 2. The van der Waals surface area contributed by atoms with E-state index in [1.807, 2.05) is 0 Å². The van der Waals surface area contributed by atoms with Gasteiger partial charge in [-0.05, 0) is 97.7 Å². The fourth-order valence-electron chi connectivity index (χ4n) is 9.63. The number of ketones is 1. The monoisotopic (exact) mass is 790 g/mol. The van der Waals surface area contributed by atoms with Crippen molar-refractivity contribution < 1.29 is 18.9 Å². The maximum absolute atomic E-state index is 12.9. The number of hydrogen-bond donors (Lipinski definition) is 2. The van der Waals surface area contributed by atoms with Crippen molar-refractivity contribution >= 4 is 45.2 Å². The average Bonchev–Trinajstić information content (AvgIpc) is 3.59. The molecule has 4 aliphatic rings. The van der Waals surface area contributed by atoms with Crippen LogP contribution in [0.2, 0.25) is 0 Å². The van der Waals surface area contributed by atoms with Gasteiger partial charge < -0.3 is 14.4 Å². The van der Waals surface area contributed by atoms with E-state index in [-0.39, 0.29) is 40.7 Å². The highest BCUT2D eigenvalue weighted by atomic mass is 16.5. The summed E-state index contributed by atoms with van der Waals surface area (Å²) < 4.78 is 5.32. The zero-order valence-corrected chi connectivity index (χ0v) is 34.0. The van der Waals surface area contributed by atoms with Gasteiger partial charge in [-0.3, -0.25) is 24.6 Å². The number of carbonyl (C=O) groups excluding carboxylic acids is 3. The Morgan fingerprint density at radius 3 is 2.49 bits per heavy atom. The summed E-state index contributed by atoms with van der Waals surface area (Å²) in [7, 11) is 0. The average molecular weight is 791 g/mol. The minimum atomic E-state index is -0.232.